The average Bonchev–Trinajstić information content (AvgIpc) is 3.05. The van der Waals surface area contributed by atoms with Crippen LogP contribution >= 0.6 is 0 Å². The zero-order valence-corrected chi connectivity index (χ0v) is 23.4. The first-order valence-corrected chi connectivity index (χ1v) is 14.1. The number of hydrogen-bond acceptors (Lipinski definition) is 6. The molecule has 0 aromatic heterocycles. The molecule has 0 spiro atoms. The average molecular weight is 565 g/mol. The van der Waals surface area contributed by atoms with Gasteiger partial charge in [-0.05, 0) is 27.8 Å². The monoisotopic (exact) mass is 564 g/mol. The van der Waals surface area contributed by atoms with E-state index in [0.717, 1.165) is 22.3 Å². The number of benzene rings is 4. The molecule has 8 heteroatoms. The van der Waals surface area contributed by atoms with E-state index in [9.17, 15) is 5.53 Å². The fraction of sp³-hybridized carbons (Fsp3) is 0.294. The van der Waals surface area contributed by atoms with Crippen LogP contribution in [-0.2, 0) is 45.4 Å². The first kappa shape index (κ1) is 29.5. The highest BCUT2D eigenvalue weighted by Gasteiger charge is 2.52. The minimum absolute atomic E-state index is 0.293. The van der Waals surface area contributed by atoms with Crippen LogP contribution in [0, 0.1) is 0 Å². The van der Waals surface area contributed by atoms with Crippen LogP contribution in [0.3, 0.4) is 0 Å². The van der Waals surface area contributed by atoms with E-state index < -0.39 is 36.5 Å². The van der Waals surface area contributed by atoms with Gasteiger partial charge in [0.1, 0.15) is 18.3 Å². The summed E-state index contributed by atoms with van der Waals surface area (Å²) < 4.78 is 26.2. The highest BCUT2D eigenvalue weighted by Crippen LogP contribution is 2.33. The summed E-state index contributed by atoms with van der Waals surface area (Å²) in [5.41, 5.74) is 20.4. The molecular weight excluding hydrogens is 528 g/mol. The molecular formula is C34H36N4O4. The van der Waals surface area contributed by atoms with Crippen molar-refractivity contribution in [3.63, 3.8) is 0 Å². The Labute approximate surface area is 246 Å². The van der Waals surface area contributed by atoms with Crippen molar-refractivity contribution in [3.8, 4) is 0 Å². The Balaban J connectivity index is 1.48. The van der Waals surface area contributed by atoms with E-state index in [1.54, 1.807) is 0 Å². The summed E-state index contributed by atoms with van der Waals surface area (Å²) in [5.74, 6) is 0. The molecule has 4 aromatic rings. The molecule has 0 unspecified atom stereocenters. The zero-order chi connectivity index (χ0) is 29.0. The summed E-state index contributed by atoms with van der Waals surface area (Å²) in [5, 5.41) is 4.14. The van der Waals surface area contributed by atoms with Crippen molar-refractivity contribution < 1.29 is 18.9 Å². The van der Waals surface area contributed by atoms with Crippen molar-refractivity contribution in [3.05, 3.63) is 154 Å². The van der Waals surface area contributed by atoms with Crippen LogP contribution in [-0.4, -0.2) is 36.5 Å². The van der Waals surface area contributed by atoms with Crippen LogP contribution in [0.1, 0.15) is 22.3 Å². The molecule has 8 nitrogen and oxygen atoms in total. The van der Waals surface area contributed by atoms with Gasteiger partial charge >= 0.3 is 0 Å². The van der Waals surface area contributed by atoms with Crippen LogP contribution in [0.2, 0.25) is 0 Å². The summed E-state index contributed by atoms with van der Waals surface area (Å²) in [7, 11) is 0. The first-order chi connectivity index (χ1) is 20.7. The van der Waals surface area contributed by atoms with Gasteiger partial charge in [0.2, 0.25) is 0 Å². The molecule has 0 bridgehead atoms. The topological polar surface area (TPSA) is 112 Å². The lowest BCUT2D eigenvalue weighted by atomic mass is 9.81. The lowest BCUT2D eigenvalue weighted by molar-refractivity contribution is -0.223. The maximum Gasteiger partial charge on any atom is 0.114 e. The summed E-state index contributed by atoms with van der Waals surface area (Å²) in [4.78, 5) is 3.15. The van der Waals surface area contributed by atoms with E-state index in [0.29, 0.717) is 26.4 Å². The molecule has 1 fully saturated rings. The third-order valence-electron chi connectivity index (χ3n) is 7.41. The summed E-state index contributed by atoms with van der Waals surface area (Å²) in [6.07, 6.45) is -2.58. The van der Waals surface area contributed by atoms with Crippen molar-refractivity contribution in [2.45, 2.75) is 62.9 Å². The molecule has 0 heterocycles. The second-order valence-corrected chi connectivity index (χ2v) is 10.3. The van der Waals surface area contributed by atoms with Gasteiger partial charge in [0.05, 0.1) is 38.6 Å². The number of nitrogens with two attached hydrogens (primary N) is 1. The largest absolute Gasteiger partial charge is 0.370 e. The molecule has 6 atom stereocenters. The molecule has 4 aromatic carbocycles. The van der Waals surface area contributed by atoms with Gasteiger partial charge in [-0.3, -0.25) is 0 Å². The highest BCUT2D eigenvalue weighted by atomic mass is 16.6. The standard InChI is InChI=1S/C34H36N4O4/c35-29-30(37-38-36)32(40-22-26-15-7-2-8-16-26)34(42-24-28-19-11-4-12-20-28)33(41-23-27-17-9-3-10-18-27)31(29)39-21-25-13-5-1-6-14-25/h1-20,29-34H,21-24,35H2/t29-,30+,31-,32-,33+,34+/m0/s1. The van der Waals surface area contributed by atoms with Gasteiger partial charge in [-0.15, -0.1) is 0 Å². The van der Waals surface area contributed by atoms with E-state index in [1.807, 2.05) is 121 Å². The first-order valence-electron chi connectivity index (χ1n) is 14.1. The quantitative estimate of drug-likeness (QED) is 0.116. The Morgan fingerprint density at radius 2 is 0.810 bits per heavy atom. The van der Waals surface area contributed by atoms with Crippen molar-refractivity contribution in [1.82, 2.24) is 0 Å². The normalized spacial score (nSPS) is 23.6. The molecule has 1 saturated carbocycles. The van der Waals surface area contributed by atoms with Crippen molar-refractivity contribution in [1.29, 1.82) is 0 Å². The van der Waals surface area contributed by atoms with Gasteiger partial charge in [-0.2, -0.15) is 0 Å². The molecule has 1 aliphatic carbocycles. The van der Waals surface area contributed by atoms with Crippen LogP contribution in [0.25, 0.3) is 10.4 Å². The van der Waals surface area contributed by atoms with Crippen LogP contribution in [0.15, 0.2) is 126 Å². The number of rotatable bonds is 13. The second kappa shape index (κ2) is 15.3. The van der Waals surface area contributed by atoms with E-state index in [2.05, 4.69) is 10.0 Å². The molecule has 5 rings (SSSR count). The van der Waals surface area contributed by atoms with Gasteiger partial charge < -0.3 is 24.7 Å². The molecule has 0 saturated heterocycles. The van der Waals surface area contributed by atoms with Crippen LogP contribution < -0.4 is 5.73 Å². The van der Waals surface area contributed by atoms with Gasteiger partial charge in [0.15, 0.2) is 0 Å². The lowest BCUT2D eigenvalue weighted by Crippen LogP contribution is -2.68. The third kappa shape index (κ3) is 7.84. The Morgan fingerprint density at radius 1 is 0.500 bits per heavy atom. The molecule has 216 valence electrons. The smallest absolute Gasteiger partial charge is 0.114 e. The number of ether oxygens (including phenoxy) is 4. The Hall–Kier alpha value is -4.01. The fourth-order valence-corrected chi connectivity index (χ4v) is 5.25. The maximum atomic E-state index is 9.58. The maximum absolute atomic E-state index is 9.58. The van der Waals surface area contributed by atoms with Crippen LogP contribution in [0.4, 0.5) is 0 Å². The molecule has 0 amide bonds. The predicted molar refractivity (Wildman–Crippen MR) is 161 cm³/mol. The van der Waals surface area contributed by atoms with Gasteiger partial charge in [-0.25, -0.2) is 0 Å². The molecule has 1 aliphatic rings. The number of nitrogens with zero attached hydrogens (tertiary/aromatic N) is 3. The van der Waals surface area contributed by atoms with E-state index in [1.165, 1.54) is 0 Å². The number of azide groups is 1. The number of hydrogen-bond donors (Lipinski definition) is 1. The van der Waals surface area contributed by atoms with Gasteiger partial charge in [-0.1, -0.05) is 126 Å². The van der Waals surface area contributed by atoms with Crippen molar-refractivity contribution in [2.24, 2.45) is 10.8 Å². The molecule has 0 radical (unpaired) electrons. The molecule has 42 heavy (non-hydrogen) atoms. The fourth-order valence-electron chi connectivity index (χ4n) is 5.25. The van der Waals surface area contributed by atoms with E-state index in [-0.39, 0.29) is 0 Å². The highest BCUT2D eigenvalue weighted by molar-refractivity contribution is 5.18. The Kier molecular flexibility index (Phi) is 10.7. The minimum Gasteiger partial charge on any atom is -0.370 e. The summed E-state index contributed by atoms with van der Waals surface area (Å²) >= 11 is 0. The van der Waals surface area contributed by atoms with E-state index in [4.69, 9.17) is 24.7 Å². The van der Waals surface area contributed by atoms with Crippen LogP contribution in [0.5, 0.6) is 0 Å². The third-order valence-corrected chi connectivity index (χ3v) is 7.41. The minimum atomic E-state index is -0.753. The Bertz CT molecular complexity index is 1390. The Morgan fingerprint density at radius 3 is 1.17 bits per heavy atom. The van der Waals surface area contributed by atoms with Crippen molar-refractivity contribution >= 4 is 0 Å². The van der Waals surface area contributed by atoms with Gasteiger partial charge in [0.25, 0.3) is 0 Å². The lowest BCUT2D eigenvalue weighted by Gasteiger charge is -2.48. The SMILES string of the molecule is [N-]=[N+]=N[C@@H]1[C@H](N)[C@H](OCc2ccccc2)[C@@H](OCc2ccccc2)[C@H](OCc2ccccc2)[C@H]1OCc1ccccc1. The van der Waals surface area contributed by atoms with Gasteiger partial charge in [0, 0.05) is 11.0 Å². The van der Waals surface area contributed by atoms with Crippen molar-refractivity contribution in [2.75, 3.05) is 0 Å². The second-order valence-electron chi connectivity index (χ2n) is 10.3. The summed E-state index contributed by atoms with van der Waals surface area (Å²) in [6.45, 7) is 1.24. The van der Waals surface area contributed by atoms with E-state index >= 15 is 0 Å². The molecule has 0 aliphatic heterocycles. The predicted octanol–water partition coefficient (Wildman–Crippen LogP) is 6.35. The zero-order valence-electron chi connectivity index (χ0n) is 23.4. The molecule has 2 N–H and O–H groups in total. The summed E-state index contributed by atoms with van der Waals surface area (Å²) in [6, 6.07) is 38.1.